The minimum absolute atomic E-state index is 0.123. The summed E-state index contributed by atoms with van der Waals surface area (Å²) in [6.45, 7) is 2.35. The van der Waals surface area contributed by atoms with Crippen LogP contribution in [0.2, 0.25) is 0 Å². The number of nitrogens with one attached hydrogen (secondary N) is 1. The van der Waals surface area contributed by atoms with Crippen molar-refractivity contribution in [2.24, 2.45) is 0 Å². The van der Waals surface area contributed by atoms with Crippen LogP contribution < -0.4 is 15.0 Å². The van der Waals surface area contributed by atoms with Crippen molar-refractivity contribution in [3.63, 3.8) is 0 Å². The van der Waals surface area contributed by atoms with Gasteiger partial charge >= 0.3 is 0 Å². The Kier molecular flexibility index (Phi) is 6.46. The predicted octanol–water partition coefficient (Wildman–Crippen LogP) is 5.52. The van der Waals surface area contributed by atoms with Crippen molar-refractivity contribution in [3.8, 4) is 5.75 Å². The van der Waals surface area contributed by atoms with E-state index in [4.69, 9.17) is 4.74 Å². The van der Waals surface area contributed by atoms with Gasteiger partial charge in [0.25, 0.3) is 11.8 Å². The molecule has 0 heterocycles. The van der Waals surface area contributed by atoms with E-state index in [9.17, 15) is 9.59 Å². The number of anilines is 2. The fourth-order valence-electron chi connectivity index (χ4n) is 3.54. The third kappa shape index (κ3) is 4.95. The van der Waals surface area contributed by atoms with E-state index >= 15 is 0 Å². The van der Waals surface area contributed by atoms with Crippen molar-refractivity contribution in [2.75, 3.05) is 23.4 Å². The lowest BCUT2D eigenvalue weighted by Gasteiger charge is -2.21. The Bertz CT molecular complexity index is 1240. The molecular weight excluding hydrogens is 400 g/mol. The minimum Gasteiger partial charge on any atom is -0.484 e. The molecule has 0 fully saturated rings. The number of fused-ring (bicyclic) bond motifs is 1. The molecule has 160 valence electrons. The lowest BCUT2D eigenvalue weighted by Crippen LogP contribution is -2.30. The number of ether oxygens (including phenoxy) is 1. The van der Waals surface area contributed by atoms with Crippen LogP contribution in [0.4, 0.5) is 11.4 Å². The average Bonchev–Trinajstić information content (AvgIpc) is 2.84. The summed E-state index contributed by atoms with van der Waals surface area (Å²) in [6.07, 6.45) is 0. The zero-order chi connectivity index (χ0) is 22.3. The van der Waals surface area contributed by atoms with Crippen molar-refractivity contribution < 1.29 is 14.3 Å². The molecule has 5 heteroatoms. The monoisotopic (exact) mass is 424 g/mol. The van der Waals surface area contributed by atoms with Crippen LogP contribution in [-0.2, 0) is 4.79 Å². The first kappa shape index (κ1) is 21.1. The molecule has 0 bridgehead atoms. The second-order valence-electron chi connectivity index (χ2n) is 7.31. The maximum atomic E-state index is 13.0. The summed E-state index contributed by atoms with van der Waals surface area (Å²) >= 11 is 0. The van der Waals surface area contributed by atoms with Gasteiger partial charge in [0, 0.05) is 23.5 Å². The molecule has 0 aliphatic rings. The molecule has 4 rings (SSSR count). The summed E-state index contributed by atoms with van der Waals surface area (Å²) in [5, 5.41) is 4.97. The molecule has 0 saturated carbocycles. The molecule has 2 amide bonds. The van der Waals surface area contributed by atoms with Crippen molar-refractivity contribution in [1.29, 1.82) is 0 Å². The molecule has 4 aromatic carbocycles. The fourth-order valence-corrected chi connectivity index (χ4v) is 3.54. The van der Waals surface area contributed by atoms with Gasteiger partial charge < -0.3 is 15.0 Å². The van der Waals surface area contributed by atoms with Gasteiger partial charge in [-0.2, -0.15) is 0 Å². The lowest BCUT2D eigenvalue weighted by molar-refractivity contribution is -0.118. The Hall–Kier alpha value is -4.12. The van der Waals surface area contributed by atoms with E-state index in [0.717, 1.165) is 16.5 Å². The van der Waals surface area contributed by atoms with Crippen LogP contribution in [0, 0.1) is 0 Å². The van der Waals surface area contributed by atoms with Crippen LogP contribution in [-0.4, -0.2) is 25.0 Å². The van der Waals surface area contributed by atoms with E-state index in [1.165, 1.54) is 0 Å². The molecule has 0 aliphatic heterocycles. The maximum absolute atomic E-state index is 13.0. The highest BCUT2D eigenvalue weighted by Gasteiger charge is 2.16. The summed E-state index contributed by atoms with van der Waals surface area (Å²) in [7, 11) is 0. The van der Waals surface area contributed by atoms with Gasteiger partial charge in [-0.3, -0.25) is 9.59 Å². The predicted molar refractivity (Wildman–Crippen MR) is 128 cm³/mol. The summed E-state index contributed by atoms with van der Waals surface area (Å²) in [5.74, 6) is 0.213. The number of rotatable bonds is 7. The highest BCUT2D eigenvalue weighted by Crippen LogP contribution is 2.21. The van der Waals surface area contributed by atoms with Crippen LogP contribution in [0.25, 0.3) is 10.8 Å². The fraction of sp³-hybridized carbons (Fsp3) is 0.111. The first-order valence-electron chi connectivity index (χ1n) is 10.5. The van der Waals surface area contributed by atoms with E-state index in [-0.39, 0.29) is 18.4 Å². The van der Waals surface area contributed by atoms with Gasteiger partial charge in [-0.25, -0.2) is 0 Å². The van der Waals surface area contributed by atoms with Crippen LogP contribution in [0.15, 0.2) is 97.1 Å². The van der Waals surface area contributed by atoms with Crippen molar-refractivity contribution in [1.82, 2.24) is 0 Å². The van der Waals surface area contributed by atoms with Gasteiger partial charge in [-0.05, 0) is 60.2 Å². The van der Waals surface area contributed by atoms with Crippen LogP contribution in [0.5, 0.6) is 5.75 Å². The molecule has 0 aliphatic carbocycles. The Morgan fingerprint density at radius 3 is 2.34 bits per heavy atom. The third-order valence-electron chi connectivity index (χ3n) is 5.11. The van der Waals surface area contributed by atoms with Crippen molar-refractivity contribution in [2.45, 2.75) is 6.92 Å². The number of amides is 2. The minimum atomic E-state index is -0.293. The molecule has 4 aromatic rings. The standard InChI is InChI=1S/C27H24N2O3/c1-2-29(24-13-4-3-5-14-24)27(31)22-11-8-12-23(17-22)28-26(30)19-32-25-16-15-20-9-6-7-10-21(20)18-25/h3-18H,2,19H2,1H3,(H,28,30). The average molecular weight is 425 g/mol. The molecule has 32 heavy (non-hydrogen) atoms. The normalized spacial score (nSPS) is 10.5. The summed E-state index contributed by atoms with van der Waals surface area (Å²) in [5.41, 5.74) is 1.88. The second-order valence-corrected chi connectivity index (χ2v) is 7.31. The van der Waals surface area contributed by atoms with Crippen LogP contribution >= 0.6 is 0 Å². The molecule has 1 N–H and O–H groups in total. The molecule has 0 aromatic heterocycles. The molecular formula is C27H24N2O3. The topological polar surface area (TPSA) is 58.6 Å². The summed E-state index contributed by atoms with van der Waals surface area (Å²) in [4.78, 5) is 27.1. The largest absolute Gasteiger partial charge is 0.484 e. The van der Waals surface area contributed by atoms with Gasteiger partial charge in [0.1, 0.15) is 5.75 Å². The summed E-state index contributed by atoms with van der Waals surface area (Å²) in [6, 6.07) is 30.1. The van der Waals surface area contributed by atoms with E-state index in [1.807, 2.05) is 79.7 Å². The number of carbonyl (C=O) groups excluding carboxylic acids is 2. The molecule has 0 atom stereocenters. The first-order valence-corrected chi connectivity index (χ1v) is 10.5. The molecule has 0 saturated heterocycles. The zero-order valence-electron chi connectivity index (χ0n) is 17.8. The van der Waals surface area contributed by atoms with Gasteiger partial charge in [0.2, 0.25) is 0 Å². The number of hydrogen-bond acceptors (Lipinski definition) is 3. The van der Waals surface area contributed by atoms with Crippen molar-refractivity contribution in [3.05, 3.63) is 103 Å². The lowest BCUT2D eigenvalue weighted by atomic mass is 10.1. The third-order valence-corrected chi connectivity index (χ3v) is 5.11. The summed E-state index contributed by atoms with van der Waals surface area (Å²) < 4.78 is 5.65. The van der Waals surface area contributed by atoms with E-state index in [0.29, 0.717) is 23.5 Å². The quantitative estimate of drug-likeness (QED) is 0.425. The SMILES string of the molecule is CCN(C(=O)c1cccc(NC(=O)COc2ccc3ccccc3c2)c1)c1ccccc1. The van der Waals surface area contributed by atoms with Crippen LogP contribution in [0.1, 0.15) is 17.3 Å². The molecule has 0 spiro atoms. The Morgan fingerprint density at radius 1 is 0.812 bits per heavy atom. The number of benzene rings is 4. The van der Waals surface area contributed by atoms with Gasteiger partial charge in [-0.15, -0.1) is 0 Å². The van der Waals surface area contributed by atoms with Gasteiger partial charge in [0.15, 0.2) is 6.61 Å². The van der Waals surface area contributed by atoms with Crippen molar-refractivity contribution >= 4 is 34.0 Å². The smallest absolute Gasteiger partial charge is 0.262 e. The molecule has 0 radical (unpaired) electrons. The van der Waals surface area contributed by atoms with Gasteiger partial charge in [-0.1, -0.05) is 54.6 Å². The Morgan fingerprint density at radius 2 is 1.56 bits per heavy atom. The molecule has 0 unspecified atom stereocenters. The number of carbonyl (C=O) groups is 2. The zero-order valence-corrected chi connectivity index (χ0v) is 17.8. The highest BCUT2D eigenvalue weighted by atomic mass is 16.5. The Balaban J connectivity index is 1.40. The van der Waals surface area contributed by atoms with E-state index < -0.39 is 0 Å². The first-order chi connectivity index (χ1) is 15.6. The highest BCUT2D eigenvalue weighted by molar-refractivity contribution is 6.07. The van der Waals surface area contributed by atoms with E-state index in [1.54, 1.807) is 29.2 Å². The Labute approximate surface area is 187 Å². The number of para-hydroxylation sites is 1. The van der Waals surface area contributed by atoms with Gasteiger partial charge in [0.05, 0.1) is 0 Å². The second kappa shape index (κ2) is 9.79. The van der Waals surface area contributed by atoms with Crippen LogP contribution in [0.3, 0.4) is 0 Å². The molecule has 5 nitrogen and oxygen atoms in total. The number of hydrogen-bond donors (Lipinski definition) is 1. The number of nitrogens with zero attached hydrogens (tertiary/aromatic N) is 1. The van der Waals surface area contributed by atoms with E-state index in [2.05, 4.69) is 5.32 Å². The maximum Gasteiger partial charge on any atom is 0.262 e.